The SMILES string of the molecule is CCc1cccc2sc(N)c(OC)c12. The van der Waals surface area contributed by atoms with Gasteiger partial charge in [-0.2, -0.15) is 0 Å². The van der Waals surface area contributed by atoms with Crippen molar-refractivity contribution in [3.63, 3.8) is 0 Å². The fraction of sp³-hybridized carbons (Fsp3) is 0.273. The van der Waals surface area contributed by atoms with E-state index in [1.807, 2.05) is 0 Å². The third-order valence-corrected chi connectivity index (χ3v) is 3.33. The number of rotatable bonds is 2. The summed E-state index contributed by atoms with van der Waals surface area (Å²) >= 11 is 1.59. The molecule has 0 spiro atoms. The highest BCUT2D eigenvalue weighted by molar-refractivity contribution is 7.23. The normalized spacial score (nSPS) is 10.7. The molecule has 0 fully saturated rings. The highest BCUT2D eigenvalue weighted by atomic mass is 32.1. The van der Waals surface area contributed by atoms with E-state index in [0.29, 0.717) is 0 Å². The number of ether oxygens (including phenoxy) is 1. The average molecular weight is 207 g/mol. The van der Waals surface area contributed by atoms with Crippen molar-refractivity contribution in [2.45, 2.75) is 13.3 Å². The van der Waals surface area contributed by atoms with Crippen LogP contribution in [-0.2, 0) is 6.42 Å². The number of thiophene rings is 1. The number of fused-ring (bicyclic) bond motifs is 1. The number of aryl methyl sites for hydroxylation is 1. The van der Waals surface area contributed by atoms with Gasteiger partial charge in [0.2, 0.25) is 0 Å². The van der Waals surface area contributed by atoms with Crippen LogP contribution in [0.25, 0.3) is 10.1 Å². The molecule has 0 aliphatic carbocycles. The van der Waals surface area contributed by atoms with Crippen LogP contribution in [0.1, 0.15) is 12.5 Å². The first kappa shape index (κ1) is 9.34. The number of hydrogen-bond donors (Lipinski definition) is 1. The fourth-order valence-corrected chi connectivity index (χ4v) is 2.69. The minimum Gasteiger partial charge on any atom is -0.493 e. The van der Waals surface area contributed by atoms with E-state index in [1.54, 1.807) is 18.4 Å². The lowest BCUT2D eigenvalue weighted by atomic mass is 10.1. The molecule has 0 radical (unpaired) electrons. The molecule has 2 rings (SSSR count). The average Bonchev–Trinajstić information content (AvgIpc) is 2.52. The highest BCUT2D eigenvalue weighted by Gasteiger charge is 2.12. The summed E-state index contributed by atoms with van der Waals surface area (Å²) in [6.45, 7) is 2.14. The number of nitrogen functional groups attached to an aromatic ring is 1. The maximum Gasteiger partial charge on any atom is 0.161 e. The molecule has 1 aromatic heterocycles. The van der Waals surface area contributed by atoms with Crippen LogP contribution >= 0.6 is 11.3 Å². The molecule has 1 heterocycles. The first-order chi connectivity index (χ1) is 6.77. The maximum absolute atomic E-state index is 5.88. The minimum atomic E-state index is 0.767. The number of hydrogen-bond acceptors (Lipinski definition) is 3. The summed E-state index contributed by atoms with van der Waals surface area (Å²) in [5.74, 6) is 0.836. The lowest BCUT2D eigenvalue weighted by molar-refractivity contribution is 0.423. The second kappa shape index (κ2) is 3.50. The van der Waals surface area contributed by atoms with Crippen LogP contribution in [0.4, 0.5) is 5.00 Å². The van der Waals surface area contributed by atoms with Crippen LogP contribution in [0, 0.1) is 0 Å². The molecule has 0 aliphatic rings. The summed E-state index contributed by atoms with van der Waals surface area (Å²) in [6, 6.07) is 6.27. The number of benzene rings is 1. The third kappa shape index (κ3) is 1.24. The molecule has 0 amide bonds. The maximum atomic E-state index is 5.88. The van der Waals surface area contributed by atoms with Crippen LogP contribution in [0.15, 0.2) is 18.2 Å². The zero-order chi connectivity index (χ0) is 10.1. The van der Waals surface area contributed by atoms with Crippen molar-refractivity contribution >= 4 is 26.4 Å². The summed E-state index contributed by atoms with van der Waals surface area (Å²) in [4.78, 5) is 0. The molecule has 2 nitrogen and oxygen atoms in total. The highest BCUT2D eigenvalue weighted by Crippen LogP contribution is 2.41. The van der Waals surface area contributed by atoms with E-state index in [1.165, 1.54) is 15.6 Å². The van der Waals surface area contributed by atoms with Gasteiger partial charge in [0.05, 0.1) is 7.11 Å². The van der Waals surface area contributed by atoms with Crippen molar-refractivity contribution in [1.82, 2.24) is 0 Å². The Hall–Kier alpha value is -1.22. The van der Waals surface area contributed by atoms with Gasteiger partial charge in [0, 0.05) is 10.1 Å². The van der Waals surface area contributed by atoms with Crippen molar-refractivity contribution in [2.24, 2.45) is 0 Å². The fourth-order valence-electron chi connectivity index (χ4n) is 1.70. The molecule has 0 saturated carbocycles. The largest absolute Gasteiger partial charge is 0.493 e. The van der Waals surface area contributed by atoms with E-state index < -0.39 is 0 Å². The van der Waals surface area contributed by atoms with Gasteiger partial charge in [-0.05, 0) is 18.1 Å². The standard InChI is InChI=1S/C11H13NOS/c1-3-7-5-4-6-8-9(7)10(13-2)11(12)14-8/h4-6H,3,12H2,1-2H3. The van der Waals surface area contributed by atoms with Crippen LogP contribution in [0.2, 0.25) is 0 Å². The van der Waals surface area contributed by atoms with E-state index in [-0.39, 0.29) is 0 Å². The summed E-state index contributed by atoms with van der Waals surface area (Å²) in [5, 5.41) is 1.95. The van der Waals surface area contributed by atoms with Crippen LogP contribution in [0.3, 0.4) is 0 Å². The quantitative estimate of drug-likeness (QED) is 0.821. The van der Waals surface area contributed by atoms with Crippen molar-refractivity contribution in [1.29, 1.82) is 0 Å². The second-order valence-corrected chi connectivity index (χ2v) is 4.23. The van der Waals surface area contributed by atoms with E-state index >= 15 is 0 Å². The predicted molar refractivity (Wildman–Crippen MR) is 62.2 cm³/mol. The molecule has 0 aliphatic heterocycles. The monoisotopic (exact) mass is 207 g/mol. The zero-order valence-corrected chi connectivity index (χ0v) is 9.15. The van der Waals surface area contributed by atoms with Crippen molar-refractivity contribution in [3.05, 3.63) is 23.8 Å². The van der Waals surface area contributed by atoms with Gasteiger partial charge in [0.25, 0.3) is 0 Å². The van der Waals surface area contributed by atoms with Gasteiger partial charge < -0.3 is 10.5 Å². The van der Waals surface area contributed by atoms with Crippen LogP contribution < -0.4 is 10.5 Å². The lowest BCUT2D eigenvalue weighted by Gasteiger charge is -2.02. The molecular formula is C11H13NOS. The Morgan fingerprint density at radius 3 is 2.86 bits per heavy atom. The Morgan fingerprint density at radius 2 is 2.21 bits per heavy atom. The van der Waals surface area contributed by atoms with E-state index in [9.17, 15) is 0 Å². The Kier molecular flexibility index (Phi) is 2.33. The third-order valence-electron chi connectivity index (χ3n) is 2.37. The number of anilines is 1. The van der Waals surface area contributed by atoms with Crippen molar-refractivity contribution < 1.29 is 4.74 Å². The van der Waals surface area contributed by atoms with Gasteiger partial charge in [0.1, 0.15) is 5.00 Å². The Morgan fingerprint density at radius 1 is 1.43 bits per heavy atom. The predicted octanol–water partition coefficient (Wildman–Crippen LogP) is 3.05. The molecule has 2 aromatic rings. The molecule has 3 heteroatoms. The van der Waals surface area contributed by atoms with Gasteiger partial charge in [-0.15, -0.1) is 11.3 Å². The molecule has 1 aromatic carbocycles. The first-order valence-corrected chi connectivity index (χ1v) is 5.43. The molecule has 2 N–H and O–H groups in total. The summed E-state index contributed by atoms with van der Waals surface area (Å²) < 4.78 is 6.53. The van der Waals surface area contributed by atoms with Gasteiger partial charge in [-0.25, -0.2) is 0 Å². The summed E-state index contributed by atoms with van der Waals surface area (Å²) in [5.41, 5.74) is 7.18. The van der Waals surface area contributed by atoms with Crippen molar-refractivity contribution in [2.75, 3.05) is 12.8 Å². The second-order valence-electron chi connectivity index (χ2n) is 3.14. The Bertz CT molecular complexity index is 462. The van der Waals surface area contributed by atoms with Gasteiger partial charge in [0.15, 0.2) is 5.75 Å². The van der Waals surface area contributed by atoms with Crippen LogP contribution in [-0.4, -0.2) is 7.11 Å². The molecule has 0 unspecified atom stereocenters. The lowest BCUT2D eigenvalue weighted by Crippen LogP contribution is -1.88. The molecule has 14 heavy (non-hydrogen) atoms. The molecule has 0 saturated heterocycles. The van der Waals surface area contributed by atoms with E-state index in [4.69, 9.17) is 10.5 Å². The van der Waals surface area contributed by atoms with Gasteiger partial charge in [-0.1, -0.05) is 19.1 Å². The number of nitrogens with two attached hydrogens (primary N) is 1. The number of methoxy groups -OCH3 is 1. The molecule has 74 valence electrons. The Labute approximate surface area is 87.3 Å². The summed E-state index contributed by atoms with van der Waals surface area (Å²) in [7, 11) is 1.67. The summed E-state index contributed by atoms with van der Waals surface area (Å²) in [6.07, 6.45) is 1.00. The van der Waals surface area contributed by atoms with Crippen LogP contribution in [0.5, 0.6) is 5.75 Å². The first-order valence-electron chi connectivity index (χ1n) is 4.61. The molecular weight excluding hydrogens is 194 g/mol. The Balaban J connectivity index is 2.82. The zero-order valence-electron chi connectivity index (χ0n) is 8.33. The van der Waals surface area contributed by atoms with Gasteiger partial charge >= 0.3 is 0 Å². The van der Waals surface area contributed by atoms with Crippen molar-refractivity contribution in [3.8, 4) is 5.75 Å². The molecule has 0 bridgehead atoms. The smallest absolute Gasteiger partial charge is 0.161 e. The topological polar surface area (TPSA) is 35.2 Å². The van der Waals surface area contributed by atoms with E-state index in [2.05, 4.69) is 25.1 Å². The van der Waals surface area contributed by atoms with E-state index in [0.717, 1.165) is 17.2 Å². The molecule has 0 atom stereocenters. The van der Waals surface area contributed by atoms with Gasteiger partial charge in [-0.3, -0.25) is 0 Å². The minimum absolute atomic E-state index is 0.767.